The summed E-state index contributed by atoms with van der Waals surface area (Å²) in [6.45, 7) is 1.93. The molecule has 2 aliphatic heterocycles. The van der Waals surface area contributed by atoms with E-state index < -0.39 is 0 Å². The Morgan fingerprint density at radius 2 is 2.11 bits per heavy atom. The molecule has 18 heavy (non-hydrogen) atoms. The Labute approximate surface area is 105 Å². The number of carbonyl (C=O) groups is 1. The molecule has 3 rings (SSSR count). The average molecular weight is 249 g/mol. The van der Waals surface area contributed by atoms with Gasteiger partial charge in [0.1, 0.15) is 13.2 Å². The highest BCUT2D eigenvalue weighted by molar-refractivity contribution is 5.95. The minimum Gasteiger partial charge on any atom is -0.486 e. The second-order valence-corrected chi connectivity index (χ2v) is 4.24. The van der Waals surface area contributed by atoms with E-state index >= 15 is 0 Å². The second-order valence-electron chi connectivity index (χ2n) is 4.24. The number of carbonyl (C=O) groups excluding carboxylic acids is 1. The van der Waals surface area contributed by atoms with Crippen molar-refractivity contribution in [2.24, 2.45) is 0 Å². The summed E-state index contributed by atoms with van der Waals surface area (Å²) in [7, 11) is 0. The van der Waals surface area contributed by atoms with Crippen molar-refractivity contribution in [2.45, 2.75) is 12.6 Å². The molecular weight excluding hydrogens is 234 g/mol. The molecule has 1 aromatic carbocycles. The van der Waals surface area contributed by atoms with E-state index in [1.165, 1.54) is 0 Å². The van der Waals surface area contributed by atoms with E-state index in [0.717, 1.165) is 13.0 Å². The minimum absolute atomic E-state index is 0.0225. The highest BCUT2D eigenvalue weighted by Gasteiger charge is 2.19. The highest BCUT2D eigenvalue weighted by atomic mass is 16.6. The first-order valence-electron chi connectivity index (χ1n) is 6.02. The lowest BCUT2D eigenvalue weighted by molar-refractivity contribution is 0.0931. The van der Waals surface area contributed by atoms with Crippen molar-refractivity contribution in [2.75, 3.05) is 19.8 Å². The van der Waals surface area contributed by atoms with Crippen LogP contribution in [0.2, 0.25) is 0 Å². The summed E-state index contributed by atoms with van der Waals surface area (Å²) in [4.78, 5) is 12.0. The molecule has 1 amide bonds. The normalized spacial score (nSPS) is 21.7. The van der Waals surface area contributed by atoms with E-state index in [4.69, 9.17) is 9.47 Å². The Bertz CT molecular complexity index is 458. The van der Waals surface area contributed by atoms with Crippen molar-refractivity contribution in [1.82, 2.24) is 16.2 Å². The molecule has 2 aliphatic rings. The minimum atomic E-state index is -0.117. The second kappa shape index (κ2) is 4.83. The average Bonchev–Trinajstić information content (AvgIpc) is 2.91. The zero-order valence-electron chi connectivity index (χ0n) is 9.86. The predicted octanol–water partition coefficient (Wildman–Crippen LogP) is 0.0116. The summed E-state index contributed by atoms with van der Waals surface area (Å²) < 4.78 is 10.9. The summed E-state index contributed by atoms with van der Waals surface area (Å²) in [6.07, 6.45) is 0.849. The molecule has 6 heteroatoms. The third kappa shape index (κ3) is 2.25. The number of fused-ring (bicyclic) bond motifs is 1. The SMILES string of the molecule is O=C(NC1CCNN1)c1ccc2c(c1)OCCO2. The number of rotatable bonds is 2. The Balaban J connectivity index is 1.73. The fourth-order valence-corrected chi connectivity index (χ4v) is 2.02. The largest absolute Gasteiger partial charge is 0.486 e. The van der Waals surface area contributed by atoms with Gasteiger partial charge in [-0.3, -0.25) is 10.2 Å². The summed E-state index contributed by atoms with van der Waals surface area (Å²) >= 11 is 0. The van der Waals surface area contributed by atoms with Gasteiger partial charge in [-0.1, -0.05) is 0 Å². The molecule has 6 nitrogen and oxygen atoms in total. The maximum atomic E-state index is 12.0. The Hall–Kier alpha value is -1.79. The number of amides is 1. The number of hydrogen-bond acceptors (Lipinski definition) is 5. The number of ether oxygens (including phenoxy) is 2. The van der Waals surface area contributed by atoms with Crippen molar-refractivity contribution in [3.8, 4) is 11.5 Å². The molecule has 0 radical (unpaired) electrons. The topological polar surface area (TPSA) is 71.6 Å². The van der Waals surface area contributed by atoms with Crippen LogP contribution in [0.15, 0.2) is 18.2 Å². The standard InChI is InChI=1S/C12H15N3O3/c16-12(14-11-3-4-13-15-11)8-1-2-9-10(7-8)18-6-5-17-9/h1-2,7,11,13,15H,3-6H2,(H,14,16). The number of hydrogen-bond donors (Lipinski definition) is 3. The van der Waals surface area contributed by atoms with Gasteiger partial charge in [0.2, 0.25) is 0 Å². The lowest BCUT2D eigenvalue weighted by Gasteiger charge is -2.19. The Morgan fingerprint density at radius 1 is 1.28 bits per heavy atom. The van der Waals surface area contributed by atoms with E-state index in [2.05, 4.69) is 16.2 Å². The highest BCUT2D eigenvalue weighted by Crippen LogP contribution is 2.30. The van der Waals surface area contributed by atoms with E-state index in [1.807, 2.05) is 0 Å². The van der Waals surface area contributed by atoms with Crippen LogP contribution in [-0.4, -0.2) is 31.8 Å². The first kappa shape index (κ1) is 11.3. The van der Waals surface area contributed by atoms with Gasteiger partial charge in [0, 0.05) is 12.1 Å². The Morgan fingerprint density at radius 3 is 2.89 bits per heavy atom. The van der Waals surface area contributed by atoms with E-state index in [0.29, 0.717) is 30.3 Å². The van der Waals surface area contributed by atoms with Crippen LogP contribution in [0.3, 0.4) is 0 Å². The predicted molar refractivity (Wildman–Crippen MR) is 64.4 cm³/mol. The van der Waals surface area contributed by atoms with E-state index in [-0.39, 0.29) is 12.1 Å². The van der Waals surface area contributed by atoms with Crippen molar-refractivity contribution in [1.29, 1.82) is 0 Å². The molecule has 96 valence electrons. The molecule has 0 bridgehead atoms. The van der Waals surface area contributed by atoms with Crippen LogP contribution in [0, 0.1) is 0 Å². The molecule has 1 unspecified atom stereocenters. The first-order valence-corrected chi connectivity index (χ1v) is 6.02. The molecule has 1 saturated heterocycles. The number of hydrazine groups is 1. The van der Waals surface area contributed by atoms with Gasteiger partial charge in [-0.15, -0.1) is 0 Å². The number of benzene rings is 1. The molecule has 0 aromatic heterocycles. The maximum absolute atomic E-state index is 12.0. The van der Waals surface area contributed by atoms with Gasteiger partial charge < -0.3 is 14.8 Å². The molecule has 1 fully saturated rings. The maximum Gasteiger partial charge on any atom is 0.252 e. The quantitative estimate of drug-likeness (QED) is 0.689. The van der Waals surface area contributed by atoms with Crippen LogP contribution >= 0.6 is 0 Å². The summed E-state index contributed by atoms with van der Waals surface area (Å²) in [5.41, 5.74) is 6.53. The number of nitrogens with one attached hydrogen (secondary N) is 3. The molecule has 2 heterocycles. The van der Waals surface area contributed by atoms with E-state index in [1.54, 1.807) is 18.2 Å². The van der Waals surface area contributed by atoms with Crippen LogP contribution in [0.1, 0.15) is 16.8 Å². The van der Waals surface area contributed by atoms with Crippen molar-refractivity contribution in [3.05, 3.63) is 23.8 Å². The smallest absolute Gasteiger partial charge is 0.252 e. The Kier molecular flexibility index (Phi) is 3.04. The molecule has 0 spiro atoms. The molecule has 1 aromatic rings. The zero-order chi connectivity index (χ0) is 12.4. The fourth-order valence-electron chi connectivity index (χ4n) is 2.02. The summed E-state index contributed by atoms with van der Waals surface area (Å²) in [5.74, 6) is 1.21. The van der Waals surface area contributed by atoms with Gasteiger partial charge in [-0.25, -0.2) is 5.43 Å². The van der Waals surface area contributed by atoms with Gasteiger partial charge in [-0.05, 0) is 24.6 Å². The third-order valence-electron chi connectivity index (χ3n) is 2.94. The fraction of sp³-hybridized carbons (Fsp3) is 0.417. The van der Waals surface area contributed by atoms with Crippen molar-refractivity contribution >= 4 is 5.91 Å². The molecule has 0 saturated carbocycles. The van der Waals surface area contributed by atoms with Crippen molar-refractivity contribution in [3.63, 3.8) is 0 Å². The molecule has 3 N–H and O–H groups in total. The van der Waals surface area contributed by atoms with E-state index in [9.17, 15) is 4.79 Å². The lowest BCUT2D eigenvalue weighted by Crippen LogP contribution is -2.44. The van der Waals surface area contributed by atoms with Gasteiger partial charge in [-0.2, -0.15) is 0 Å². The van der Waals surface area contributed by atoms with Gasteiger partial charge in [0.25, 0.3) is 5.91 Å². The third-order valence-corrected chi connectivity index (χ3v) is 2.94. The van der Waals surface area contributed by atoms with Crippen molar-refractivity contribution < 1.29 is 14.3 Å². The van der Waals surface area contributed by atoms with Gasteiger partial charge in [0.05, 0.1) is 6.17 Å². The van der Waals surface area contributed by atoms with Gasteiger partial charge in [0.15, 0.2) is 11.5 Å². The van der Waals surface area contributed by atoms with Crippen LogP contribution in [0.5, 0.6) is 11.5 Å². The summed E-state index contributed by atoms with van der Waals surface area (Å²) in [5, 5.41) is 2.89. The molecular formula is C12H15N3O3. The zero-order valence-corrected chi connectivity index (χ0v) is 9.86. The first-order chi connectivity index (χ1) is 8.83. The monoisotopic (exact) mass is 249 g/mol. The van der Waals surface area contributed by atoms with Crippen LogP contribution in [-0.2, 0) is 0 Å². The van der Waals surface area contributed by atoms with Crippen LogP contribution in [0.4, 0.5) is 0 Å². The summed E-state index contributed by atoms with van der Waals surface area (Å²) in [6, 6.07) is 5.22. The van der Waals surface area contributed by atoms with Gasteiger partial charge >= 0.3 is 0 Å². The lowest BCUT2D eigenvalue weighted by atomic mass is 10.1. The van der Waals surface area contributed by atoms with Crippen LogP contribution in [0.25, 0.3) is 0 Å². The molecule has 0 aliphatic carbocycles. The molecule has 1 atom stereocenters. The van der Waals surface area contributed by atoms with Crippen LogP contribution < -0.4 is 25.6 Å².